The maximum atomic E-state index is 8.86. The summed E-state index contributed by atoms with van der Waals surface area (Å²) < 4.78 is 0. The summed E-state index contributed by atoms with van der Waals surface area (Å²) in [6.07, 6.45) is 2.28. The van der Waals surface area contributed by atoms with Crippen LogP contribution in [0.3, 0.4) is 0 Å². The molecule has 0 unspecified atom stereocenters. The first-order valence-electron chi connectivity index (χ1n) is 5.34. The number of rotatable bonds is 5. The second-order valence-corrected chi connectivity index (χ2v) is 4.37. The number of pyridine rings is 1. The highest BCUT2D eigenvalue weighted by molar-refractivity contribution is 6.30. The Hall–Kier alpha value is -1.00. The highest BCUT2D eigenvalue weighted by Gasteiger charge is 2.14. The minimum atomic E-state index is 0.163. The molecule has 0 aliphatic carbocycles. The first kappa shape index (κ1) is 13.1. The standard InChI is InChI=1S/C11H18ClN3O/c1-8(2)15(4-3-5-16)11-10(13)6-9(12)7-14-11/h6-8,16H,3-5,13H2,1-2H3. The molecule has 0 fully saturated rings. The fourth-order valence-electron chi connectivity index (χ4n) is 1.54. The van der Waals surface area contributed by atoms with Crippen LogP contribution in [0, 0.1) is 0 Å². The van der Waals surface area contributed by atoms with Gasteiger partial charge in [-0.2, -0.15) is 0 Å². The quantitative estimate of drug-likeness (QED) is 0.830. The van der Waals surface area contributed by atoms with Crippen molar-refractivity contribution in [3.63, 3.8) is 0 Å². The average molecular weight is 244 g/mol. The first-order valence-corrected chi connectivity index (χ1v) is 5.72. The van der Waals surface area contributed by atoms with E-state index in [9.17, 15) is 0 Å². The molecule has 0 aliphatic heterocycles. The molecule has 5 heteroatoms. The SMILES string of the molecule is CC(C)N(CCCO)c1ncc(Cl)cc1N. The molecular weight excluding hydrogens is 226 g/mol. The van der Waals surface area contributed by atoms with E-state index in [0.717, 1.165) is 12.4 Å². The summed E-state index contributed by atoms with van der Waals surface area (Å²) in [7, 11) is 0. The molecule has 0 radical (unpaired) electrons. The van der Waals surface area contributed by atoms with Gasteiger partial charge in [-0.05, 0) is 26.3 Å². The molecule has 0 atom stereocenters. The van der Waals surface area contributed by atoms with E-state index in [2.05, 4.69) is 23.7 Å². The highest BCUT2D eigenvalue weighted by atomic mass is 35.5. The molecule has 0 spiro atoms. The van der Waals surface area contributed by atoms with Crippen LogP contribution in [0.1, 0.15) is 20.3 Å². The predicted molar refractivity (Wildman–Crippen MR) is 67.8 cm³/mol. The number of aliphatic hydroxyl groups is 1. The molecule has 1 aromatic heterocycles. The summed E-state index contributed by atoms with van der Waals surface area (Å²) in [6, 6.07) is 1.97. The summed E-state index contributed by atoms with van der Waals surface area (Å²) in [6.45, 7) is 5.02. The van der Waals surface area contributed by atoms with Crippen molar-refractivity contribution in [3.8, 4) is 0 Å². The molecule has 16 heavy (non-hydrogen) atoms. The van der Waals surface area contributed by atoms with Crippen LogP contribution < -0.4 is 10.6 Å². The maximum Gasteiger partial charge on any atom is 0.152 e. The fourth-order valence-corrected chi connectivity index (χ4v) is 1.70. The summed E-state index contributed by atoms with van der Waals surface area (Å²) >= 11 is 5.80. The monoisotopic (exact) mass is 243 g/mol. The van der Waals surface area contributed by atoms with Gasteiger partial charge in [0.25, 0.3) is 0 Å². The molecule has 0 amide bonds. The van der Waals surface area contributed by atoms with Gasteiger partial charge >= 0.3 is 0 Å². The number of nitrogens with zero attached hydrogens (tertiary/aromatic N) is 2. The Bertz CT molecular complexity index is 344. The third kappa shape index (κ3) is 3.25. The van der Waals surface area contributed by atoms with E-state index < -0.39 is 0 Å². The van der Waals surface area contributed by atoms with Crippen LogP contribution in [0.4, 0.5) is 11.5 Å². The van der Waals surface area contributed by atoms with Crippen molar-refractivity contribution in [2.75, 3.05) is 23.8 Å². The van der Waals surface area contributed by atoms with Crippen LogP contribution in [-0.2, 0) is 0 Å². The number of halogens is 1. The number of nitrogen functional groups attached to an aromatic ring is 1. The van der Waals surface area contributed by atoms with Gasteiger partial charge in [-0.15, -0.1) is 0 Å². The molecule has 0 aromatic carbocycles. The molecule has 3 N–H and O–H groups in total. The van der Waals surface area contributed by atoms with E-state index in [1.54, 1.807) is 12.3 Å². The van der Waals surface area contributed by atoms with Crippen molar-refractivity contribution in [1.82, 2.24) is 4.98 Å². The minimum Gasteiger partial charge on any atom is -0.396 e. The Morgan fingerprint density at radius 2 is 2.25 bits per heavy atom. The average Bonchev–Trinajstić information content (AvgIpc) is 2.20. The number of aliphatic hydroxyl groups excluding tert-OH is 1. The van der Waals surface area contributed by atoms with Gasteiger partial charge in [0.2, 0.25) is 0 Å². The molecule has 1 aromatic rings. The van der Waals surface area contributed by atoms with E-state index in [1.165, 1.54) is 0 Å². The summed E-state index contributed by atoms with van der Waals surface area (Å²) in [4.78, 5) is 6.30. The number of anilines is 2. The topological polar surface area (TPSA) is 62.4 Å². The van der Waals surface area contributed by atoms with Gasteiger partial charge in [-0.25, -0.2) is 4.98 Å². The van der Waals surface area contributed by atoms with E-state index in [4.69, 9.17) is 22.4 Å². The molecule has 0 aliphatic rings. The van der Waals surface area contributed by atoms with Gasteiger partial charge in [-0.3, -0.25) is 0 Å². The molecule has 1 heterocycles. The van der Waals surface area contributed by atoms with Crippen molar-refractivity contribution in [1.29, 1.82) is 0 Å². The zero-order valence-corrected chi connectivity index (χ0v) is 10.4. The van der Waals surface area contributed by atoms with Gasteiger partial charge in [-0.1, -0.05) is 11.6 Å². The summed E-state index contributed by atoms with van der Waals surface area (Å²) in [5.41, 5.74) is 6.45. The van der Waals surface area contributed by atoms with E-state index in [1.807, 2.05) is 0 Å². The number of hydrogen-bond acceptors (Lipinski definition) is 4. The van der Waals surface area contributed by atoms with Crippen molar-refractivity contribution >= 4 is 23.1 Å². The van der Waals surface area contributed by atoms with Crippen LogP contribution >= 0.6 is 11.6 Å². The van der Waals surface area contributed by atoms with Gasteiger partial charge in [0, 0.05) is 25.4 Å². The second-order valence-electron chi connectivity index (χ2n) is 3.93. The van der Waals surface area contributed by atoms with Crippen LogP contribution in [-0.4, -0.2) is 29.3 Å². The van der Waals surface area contributed by atoms with Crippen molar-refractivity contribution in [3.05, 3.63) is 17.3 Å². The number of aromatic nitrogens is 1. The number of nitrogens with two attached hydrogens (primary N) is 1. The van der Waals surface area contributed by atoms with Gasteiger partial charge in [0.1, 0.15) is 0 Å². The van der Waals surface area contributed by atoms with Gasteiger partial charge < -0.3 is 15.7 Å². The molecule has 1 rings (SSSR count). The van der Waals surface area contributed by atoms with Crippen LogP contribution in [0.15, 0.2) is 12.3 Å². The third-order valence-corrected chi connectivity index (χ3v) is 2.52. The van der Waals surface area contributed by atoms with Crippen molar-refractivity contribution in [2.24, 2.45) is 0 Å². The summed E-state index contributed by atoms with van der Waals surface area (Å²) in [5.74, 6) is 0.729. The predicted octanol–water partition coefficient (Wildman–Crippen LogP) is 1.91. The summed E-state index contributed by atoms with van der Waals surface area (Å²) in [5, 5.41) is 9.39. The lowest BCUT2D eigenvalue weighted by molar-refractivity contribution is 0.288. The maximum absolute atomic E-state index is 8.86. The van der Waals surface area contributed by atoms with Crippen molar-refractivity contribution < 1.29 is 5.11 Å². The highest BCUT2D eigenvalue weighted by Crippen LogP contribution is 2.24. The van der Waals surface area contributed by atoms with E-state index >= 15 is 0 Å². The molecule has 0 saturated carbocycles. The molecule has 0 saturated heterocycles. The number of hydrogen-bond donors (Lipinski definition) is 2. The van der Waals surface area contributed by atoms with Crippen molar-refractivity contribution in [2.45, 2.75) is 26.3 Å². The Morgan fingerprint density at radius 3 is 2.75 bits per heavy atom. The first-order chi connectivity index (χ1) is 7.56. The Morgan fingerprint density at radius 1 is 1.56 bits per heavy atom. The molecule has 4 nitrogen and oxygen atoms in total. The minimum absolute atomic E-state index is 0.163. The second kappa shape index (κ2) is 5.92. The lowest BCUT2D eigenvalue weighted by atomic mass is 10.2. The molecular formula is C11H18ClN3O. The molecule has 90 valence electrons. The van der Waals surface area contributed by atoms with Gasteiger partial charge in [0.15, 0.2) is 5.82 Å². The zero-order valence-electron chi connectivity index (χ0n) is 9.65. The van der Waals surface area contributed by atoms with Crippen LogP contribution in [0.5, 0.6) is 0 Å². The van der Waals surface area contributed by atoms with E-state index in [-0.39, 0.29) is 12.6 Å². The Labute approximate surface area is 101 Å². The van der Waals surface area contributed by atoms with Gasteiger partial charge in [0.05, 0.1) is 10.7 Å². The fraction of sp³-hybridized carbons (Fsp3) is 0.545. The zero-order chi connectivity index (χ0) is 12.1. The lowest BCUT2D eigenvalue weighted by Gasteiger charge is -2.28. The van der Waals surface area contributed by atoms with Crippen LogP contribution in [0.2, 0.25) is 5.02 Å². The largest absolute Gasteiger partial charge is 0.396 e. The Balaban J connectivity index is 2.92. The Kier molecular flexibility index (Phi) is 4.83. The van der Waals surface area contributed by atoms with E-state index in [0.29, 0.717) is 17.1 Å². The smallest absolute Gasteiger partial charge is 0.152 e. The normalized spacial score (nSPS) is 10.8. The third-order valence-electron chi connectivity index (χ3n) is 2.31. The lowest BCUT2D eigenvalue weighted by Crippen LogP contribution is -2.33. The molecule has 0 bridgehead atoms. The van der Waals surface area contributed by atoms with Crippen LogP contribution in [0.25, 0.3) is 0 Å².